The highest BCUT2D eigenvalue weighted by Gasteiger charge is 2.12. The van der Waals surface area contributed by atoms with Gasteiger partial charge in [0, 0.05) is 6.04 Å². The second-order valence-electron chi connectivity index (χ2n) is 4.95. The Morgan fingerprint density at radius 2 is 2.28 bits per heavy atom. The minimum atomic E-state index is -0.205. The molecule has 0 aromatic heterocycles. The summed E-state index contributed by atoms with van der Waals surface area (Å²) in [5.41, 5.74) is 1.12. The van der Waals surface area contributed by atoms with Crippen LogP contribution >= 0.6 is 15.9 Å². The average molecular weight is 312 g/mol. The van der Waals surface area contributed by atoms with Gasteiger partial charge < -0.3 is 5.32 Å². The van der Waals surface area contributed by atoms with Gasteiger partial charge in [0.25, 0.3) is 0 Å². The summed E-state index contributed by atoms with van der Waals surface area (Å²) in [6.07, 6.45) is 8.17. The fourth-order valence-electron chi connectivity index (χ4n) is 2.28. The largest absolute Gasteiger partial charge is 0.310 e. The van der Waals surface area contributed by atoms with Crippen LogP contribution in [0.5, 0.6) is 0 Å². The zero-order chi connectivity index (χ0) is 13.0. The second-order valence-corrected chi connectivity index (χ2v) is 5.81. The van der Waals surface area contributed by atoms with Gasteiger partial charge in [-0.15, -0.1) is 0 Å². The van der Waals surface area contributed by atoms with Crippen molar-refractivity contribution in [1.29, 1.82) is 0 Å². The van der Waals surface area contributed by atoms with Crippen LogP contribution in [0.25, 0.3) is 0 Å². The summed E-state index contributed by atoms with van der Waals surface area (Å²) in [5, 5.41) is 3.54. The van der Waals surface area contributed by atoms with Crippen LogP contribution in [0.1, 0.15) is 37.8 Å². The monoisotopic (exact) mass is 311 g/mol. The molecule has 1 aliphatic carbocycles. The third kappa shape index (κ3) is 3.66. The van der Waals surface area contributed by atoms with Crippen molar-refractivity contribution in [3.63, 3.8) is 0 Å². The first-order valence-electron chi connectivity index (χ1n) is 6.50. The van der Waals surface area contributed by atoms with Crippen LogP contribution in [0.15, 0.2) is 34.8 Å². The first-order valence-corrected chi connectivity index (χ1v) is 7.29. The molecule has 2 rings (SSSR count). The summed E-state index contributed by atoms with van der Waals surface area (Å²) in [6.45, 7) is 3.15. The fraction of sp³-hybridized carbons (Fsp3) is 0.467. The maximum Gasteiger partial charge on any atom is 0.137 e. The van der Waals surface area contributed by atoms with Gasteiger partial charge in [0.1, 0.15) is 5.82 Å². The molecular formula is C15H19BrFN. The minimum Gasteiger partial charge on any atom is -0.310 e. The predicted octanol–water partition coefficient (Wildman–Crippen LogP) is 4.60. The molecule has 0 saturated heterocycles. The highest BCUT2D eigenvalue weighted by molar-refractivity contribution is 9.10. The lowest BCUT2D eigenvalue weighted by Gasteiger charge is -2.21. The SMILES string of the molecule is CC(NCC1CC=CCC1)c1ccc(F)c(Br)c1. The summed E-state index contributed by atoms with van der Waals surface area (Å²) in [7, 11) is 0. The van der Waals surface area contributed by atoms with Crippen LogP contribution in [0.2, 0.25) is 0 Å². The second kappa shape index (κ2) is 6.48. The van der Waals surface area contributed by atoms with Gasteiger partial charge in [0.2, 0.25) is 0 Å². The zero-order valence-electron chi connectivity index (χ0n) is 10.6. The van der Waals surface area contributed by atoms with Gasteiger partial charge in [-0.2, -0.15) is 0 Å². The van der Waals surface area contributed by atoms with Gasteiger partial charge in [-0.25, -0.2) is 4.39 Å². The van der Waals surface area contributed by atoms with Crippen LogP contribution < -0.4 is 5.32 Å². The molecule has 1 aliphatic rings. The van der Waals surface area contributed by atoms with E-state index in [1.165, 1.54) is 25.3 Å². The molecule has 18 heavy (non-hydrogen) atoms. The lowest BCUT2D eigenvalue weighted by atomic mass is 9.94. The van der Waals surface area contributed by atoms with Crippen LogP contribution in [-0.4, -0.2) is 6.54 Å². The van der Waals surface area contributed by atoms with Gasteiger partial charge >= 0.3 is 0 Å². The van der Waals surface area contributed by atoms with E-state index in [1.54, 1.807) is 0 Å². The Morgan fingerprint density at radius 1 is 1.44 bits per heavy atom. The van der Waals surface area contributed by atoms with Crippen molar-refractivity contribution in [2.24, 2.45) is 5.92 Å². The Bertz CT molecular complexity index is 431. The lowest BCUT2D eigenvalue weighted by molar-refractivity contribution is 0.415. The van der Waals surface area contributed by atoms with Crippen molar-refractivity contribution in [3.05, 3.63) is 46.2 Å². The quantitative estimate of drug-likeness (QED) is 0.802. The third-order valence-electron chi connectivity index (χ3n) is 3.53. The smallest absolute Gasteiger partial charge is 0.137 e. The molecule has 1 nitrogen and oxygen atoms in total. The Hall–Kier alpha value is -0.670. The van der Waals surface area contributed by atoms with Gasteiger partial charge in [0.15, 0.2) is 0 Å². The van der Waals surface area contributed by atoms with Crippen molar-refractivity contribution in [3.8, 4) is 0 Å². The molecule has 1 aromatic rings. The van der Waals surface area contributed by atoms with Crippen LogP contribution in [0, 0.1) is 11.7 Å². The fourth-order valence-corrected chi connectivity index (χ4v) is 2.68. The molecule has 1 N–H and O–H groups in total. The van der Waals surface area contributed by atoms with E-state index in [0.717, 1.165) is 18.0 Å². The van der Waals surface area contributed by atoms with Crippen molar-refractivity contribution in [2.45, 2.75) is 32.2 Å². The molecule has 0 amide bonds. The van der Waals surface area contributed by atoms with Gasteiger partial charge in [-0.1, -0.05) is 18.2 Å². The zero-order valence-corrected chi connectivity index (χ0v) is 12.2. The van der Waals surface area contributed by atoms with Crippen LogP contribution in [-0.2, 0) is 0 Å². The van der Waals surface area contributed by atoms with E-state index in [9.17, 15) is 4.39 Å². The number of rotatable bonds is 4. The highest BCUT2D eigenvalue weighted by atomic mass is 79.9. The van der Waals surface area contributed by atoms with Crippen LogP contribution in [0.3, 0.4) is 0 Å². The Labute approximate surface area is 117 Å². The number of allylic oxidation sites excluding steroid dienone is 2. The standard InChI is InChI=1S/C15H19BrFN/c1-11(13-7-8-15(17)14(16)9-13)18-10-12-5-3-2-4-6-12/h2-3,7-9,11-12,18H,4-6,10H2,1H3. The average Bonchev–Trinajstić information content (AvgIpc) is 2.40. The summed E-state index contributed by atoms with van der Waals surface area (Å²) in [5.74, 6) is 0.532. The van der Waals surface area contributed by atoms with Crippen molar-refractivity contribution >= 4 is 15.9 Å². The Kier molecular flexibility index (Phi) is 4.95. The minimum absolute atomic E-state index is 0.205. The van der Waals surface area contributed by atoms with Crippen LogP contribution in [0.4, 0.5) is 4.39 Å². The van der Waals surface area contributed by atoms with Gasteiger partial charge in [0.05, 0.1) is 4.47 Å². The maximum atomic E-state index is 13.2. The highest BCUT2D eigenvalue weighted by Crippen LogP contribution is 2.22. The molecule has 3 heteroatoms. The van der Waals surface area contributed by atoms with E-state index in [-0.39, 0.29) is 11.9 Å². The summed E-state index contributed by atoms with van der Waals surface area (Å²) < 4.78 is 13.7. The first kappa shape index (κ1) is 13.8. The number of benzene rings is 1. The molecular weight excluding hydrogens is 293 g/mol. The van der Waals surface area contributed by atoms with E-state index in [1.807, 2.05) is 12.1 Å². The number of nitrogens with one attached hydrogen (secondary N) is 1. The molecule has 0 spiro atoms. The molecule has 0 saturated carbocycles. The molecule has 2 unspecified atom stereocenters. The van der Waals surface area contributed by atoms with Gasteiger partial charge in [-0.05, 0) is 72.3 Å². The van der Waals surface area contributed by atoms with E-state index in [2.05, 4.69) is 40.3 Å². The Balaban J connectivity index is 1.88. The molecule has 0 bridgehead atoms. The van der Waals surface area contributed by atoms with Crippen molar-refractivity contribution < 1.29 is 4.39 Å². The maximum absolute atomic E-state index is 13.2. The predicted molar refractivity (Wildman–Crippen MR) is 77.0 cm³/mol. The molecule has 0 heterocycles. The third-order valence-corrected chi connectivity index (χ3v) is 4.14. The summed E-state index contributed by atoms with van der Waals surface area (Å²) >= 11 is 3.23. The molecule has 0 radical (unpaired) electrons. The van der Waals surface area contributed by atoms with E-state index in [0.29, 0.717) is 4.47 Å². The Morgan fingerprint density at radius 3 is 2.94 bits per heavy atom. The van der Waals surface area contributed by atoms with Crippen molar-refractivity contribution in [2.75, 3.05) is 6.54 Å². The molecule has 1 aromatic carbocycles. The van der Waals surface area contributed by atoms with E-state index < -0.39 is 0 Å². The van der Waals surface area contributed by atoms with E-state index >= 15 is 0 Å². The number of hydrogen-bond acceptors (Lipinski definition) is 1. The summed E-state index contributed by atoms with van der Waals surface area (Å²) in [6, 6.07) is 5.47. The number of halogens is 2. The van der Waals surface area contributed by atoms with Crippen molar-refractivity contribution in [1.82, 2.24) is 5.32 Å². The van der Waals surface area contributed by atoms with E-state index in [4.69, 9.17) is 0 Å². The number of hydrogen-bond donors (Lipinski definition) is 1. The molecule has 0 fully saturated rings. The normalized spacial score (nSPS) is 20.9. The first-order chi connectivity index (χ1) is 8.66. The lowest BCUT2D eigenvalue weighted by Crippen LogP contribution is -2.26. The topological polar surface area (TPSA) is 12.0 Å². The summed E-state index contributed by atoms with van der Waals surface area (Å²) in [4.78, 5) is 0. The molecule has 0 aliphatic heterocycles. The van der Waals surface area contributed by atoms with Gasteiger partial charge in [-0.3, -0.25) is 0 Å². The molecule has 2 atom stereocenters. The molecule has 98 valence electrons.